The van der Waals surface area contributed by atoms with Crippen LogP contribution in [0.2, 0.25) is 0 Å². The molecule has 2 aliphatic heterocycles. The van der Waals surface area contributed by atoms with E-state index in [1.165, 1.54) is 7.11 Å². The largest absolute Gasteiger partial charge is 0.453 e. The first kappa shape index (κ1) is 13.1. The predicted octanol–water partition coefficient (Wildman–Crippen LogP) is -0.105. The summed E-state index contributed by atoms with van der Waals surface area (Å²) < 4.78 is 4.67. The van der Waals surface area contributed by atoms with Crippen molar-refractivity contribution >= 4 is 12.0 Å². The summed E-state index contributed by atoms with van der Waals surface area (Å²) in [5.74, 6) is 0.570. The Morgan fingerprint density at radius 1 is 1.17 bits per heavy atom. The van der Waals surface area contributed by atoms with Gasteiger partial charge in [0.05, 0.1) is 13.2 Å². The molecule has 2 atom stereocenters. The fourth-order valence-corrected chi connectivity index (χ4v) is 2.60. The fourth-order valence-electron chi connectivity index (χ4n) is 2.60. The molecule has 2 fully saturated rings. The van der Waals surface area contributed by atoms with E-state index in [1.54, 1.807) is 4.90 Å². The van der Waals surface area contributed by atoms with Gasteiger partial charge in [0, 0.05) is 26.2 Å². The van der Waals surface area contributed by atoms with E-state index in [-0.39, 0.29) is 18.0 Å². The minimum absolute atomic E-state index is 0.0466. The highest BCUT2D eigenvalue weighted by Gasteiger charge is 2.34. The number of nitrogens with one attached hydrogen (secondary N) is 1. The Labute approximate surface area is 107 Å². The minimum Gasteiger partial charge on any atom is -0.453 e. The molecule has 2 unspecified atom stereocenters. The topological polar surface area (TPSA) is 61.9 Å². The molecule has 0 spiro atoms. The lowest BCUT2D eigenvalue weighted by molar-refractivity contribution is -0.135. The van der Waals surface area contributed by atoms with Crippen molar-refractivity contribution in [2.75, 3.05) is 39.8 Å². The number of hydrogen-bond acceptors (Lipinski definition) is 4. The lowest BCUT2D eigenvalue weighted by Gasteiger charge is -2.35. The van der Waals surface area contributed by atoms with E-state index in [4.69, 9.17) is 0 Å². The molecule has 102 valence electrons. The van der Waals surface area contributed by atoms with Crippen LogP contribution >= 0.6 is 0 Å². The molecule has 0 saturated carbocycles. The number of hydrogen-bond donors (Lipinski definition) is 1. The number of rotatable bonds is 1. The van der Waals surface area contributed by atoms with Gasteiger partial charge in [0.15, 0.2) is 0 Å². The van der Waals surface area contributed by atoms with Crippen molar-refractivity contribution in [1.29, 1.82) is 0 Å². The van der Waals surface area contributed by atoms with Gasteiger partial charge in [-0.3, -0.25) is 4.79 Å². The van der Waals surface area contributed by atoms with Crippen molar-refractivity contribution in [2.24, 2.45) is 5.92 Å². The summed E-state index contributed by atoms with van der Waals surface area (Å²) in [6.45, 7) is 5.32. The zero-order valence-electron chi connectivity index (χ0n) is 11.0. The SMILES string of the molecule is COC(=O)N1CCN(C(=O)C2NCCC2C)CC1. The van der Waals surface area contributed by atoms with Crippen LogP contribution in [0.4, 0.5) is 4.79 Å². The number of ether oxygens (including phenoxy) is 1. The summed E-state index contributed by atoms with van der Waals surface area (Å²) >= 11 is 0. The predicted molar refractivity (Wildman–Crippen MR) is 66.1 cm³/mol. The Morgan fingerprint density at radius 2 is 1.78 bits per heavy atom. The maximum absolute atomic E-state index is 12.3. The average molecular weight is 255 g/mol. The van der Waals surface area contributed by atoms with Crippen LogP contribution < -0.4 is 5.32 Å². The molecule has 0 aromatic carbocycles. The van der Waals surface area contributed by atoms with E-state index in [1.807, 2.05) is 4.90 Å². The van der Waals surface area contributed by atoms with E-state index in [0.29, 0.717) is 32.1 Å². The number of amides is 2. The zero-order chi connectivity index (χ0) is 13.1. The summed E-state index contributed by atoms with van der Waals surface area (Å²) in [7, 11) is 1.38. The van der Waals surface area contributed by atoms with Gasteiger partial charge < -0.3 is 19.9 Å². The van der Waals surface area contributed by atoms with Crippen LogP contribution in [0, 0.1) is 5.92 Å². The third-order valence-electron chi connectivity index (χ3n) is 3.82. The maximum Gasteiger partial charge on any atom is 0.409 e. The minimum atomic E-state index is -0.311. The second kappa shape index (κ2) is 5.56. The van der Waals surface area contributed by atoms with Gasteiger partial charge in [0.25, 0.3) is 0 Å². The molecule has 1 N–H and O–H groups in total. The molecule has 2 rings (SSSR count). The number of carbonyl (C=O) groups is 2. The van der Waals surface area contributed by atoms with Crippen LogP contribution in [0.3, 0.4) is 0 Å². The Bertz CT molecular complexity index is 327. The van der Waals surface area contributed by atoms with E-state index in [0.717, 1.165) is 13.0 Å². The molecule has 0 aromatic heterocycles. The lowest BCUT2D eigenvalue weighted by Crippen LogP contribution is -2.55. The summed E-state index contributed by atoms with van der Waals surface area (Å²) in [5, 5.41) is 3.25. The highest BCUT2D eigenvalue weighted by atomic mass is 16.5. The lowest BCUT2D eigenvalue weighted by atomic mass is 10.0. The molecular weight excluding hydrogens is 234 g/mol. The third-order valence-corrected chi connectivity index (χ3v) is 3.82. The van der Waals surface area contributed by atoms with Crippen molar-refractivity contribution < 1.29 is 14.3 Å². The van der Waals surface area contributed by atoms with Crippen molar-refractivity contribution in [1.82, 2.24) is 15.1 Å². The maximum atomic E-state index is 12.3. The van der Waals surface area contributed by atoms with Crippen molar-refractivity contribution in [3.8, 4) is 0 Å². The average Bonchev–Trinajstić information content (AvgIpc) is 2.83. The Kier molecular flexibility index (Phi) is 4.06. The number of nitrogens with zero attached hydrogens (tertiary/aromatic N) is 2. The highest BCUT2D eigenvalue weighted by Crippen LogP contribution is 2.17. The van der Waals surface area contributed by atoms with Gasteiger partial charge in [-0.25, -0.2) is 4.79 Å². The van der Waals surface area contributed by atoms with Crippen molar-refractivity contribution in [3.63, 3.8) is 0 Å². The van der Waals surface area contributed by atoms with Gasteiger partial charge in [0.2, 0.25) is 5.91 Å². The van der Waals surface area contributed by atoms with Crippen LogP contribution in [0.25, 0.3) is 0 Å². The number of piperazine rings is 1. The quantitative estimate of drug-likeness (QED) is 0.710. The number of methoxy groups -OCH3 is 1. The molecule has 2 saturated heterocycles. The molecular formula is C12H21N3O3. The van der Waals surface area contributed by atoms with Gasteiger partial charge in [-0.1, -0.05) is 6.92 Å². The first-order valence-corrected chi connectivity index (χ1v) is 6.48. The molecule has 6 heteroatoms. The molecule has 2 heterocycles. The summed E-state index contributed by atoms with van der Waals surface area (Å²) in [5.41, 5.74) is 0. The first-order valence-electron chi connectivity index (χ1n) is 6.48. The molecule has 18 heavy (non-hydrogen) atoms. The Balaban J connectivity index is 1.86. The Hall–Kier alpha value is -1.30. The van der Waals surface area contributed by atoms with Crippen LogP contribution in [0.15, 0.2) is 0 Å². The van der Waals surface area contributed by atoms with Gasteiger partial charge in [-0.15, -0.1) is 0 Å². The monoisotopic (exact) mass is 255 g/mol. The van der Waals surface area contributed by atoms with Gasteiger partial charge in [0.1, 0.15) is 0 Å². The Morgan fingerprint density at radius 3 is 2.28 bits per heavy atom. The van der Waals surface area contributed by atoms with Crippen molar-refractivity contribution in [3.05, 3.63) is 0 Å². The highest BCUT2D eigenvalue weighted by molar-refractivity contribution is 5.83. The van der Waals surface area contributed by atoms with E-state index < -0.39 is 0 Å². The van der Waals surface area contributed by atoms with Crippen molar-refractivity contribution in [2.45, 2.75) is 19.4 Å². The van der Waals surface area contributed by atoms with Crippen LogP contribution in [-0.4, -0.2) is 67.7 Å². The summed E-state index contributed by atoms with van der Waals surface area (Å²) in [6, 6.07) is -0.0466. The molecule has 2 amide bonds. The summed E-state index contributed by atoms with van der Waals surface area (Å²) in [6.07, 6.45) is 0.743. The molecule has 0 aromatic rings. The van der Waals surface area contributed by atoms with Gasteiger partial charge in [-0.05, 0) is 18.9 Å². The van der Waals surface area contributed by atoms with Gasteiger partial charge in [-0.2, -0.15) is 0 Å². The molecule has 0 aliphatic carbocycles. The smallest absolute Gasteiger partial charge is 0.409 e. The van der Waals surface area contributed by atoms with Gasteiger partial charge >= 0.3 is 6.09 Å². The molecule has 0 radical (unpaired) electrons. The normalized spacial score (nSPS) is 28.3. The first-order chi connectivity index (χ1) is 8.63. The van der Waals surface area contributed by atoms with E-state index >= 15 is 0 Å². The molecule has 0 bridgehead atoms. The molecule has 2 aliphatic rings. The molecule has 6 nitrogen and oxygen atoms in total. The second-order valence-corrected chi connectivity index (χ2v) is 4.98. The van der Waals surface area contributed by atoms with Crippen LogP contribution in [0.1, 0.15) is 13.3 Å². The second-order valence-electron chi connectivity index (χ2n) is 4.98. The zero-order valence-corrected chi connectivity index (χ0v) is 11.0. The standard InChI is InChI=1S/C12H21N3O3/c1-9-3-4-13-10(9)11(16)14-5-7-15(8-6-14)12(17)18-2/h9-10,13H,3-8H2,1-2H3. The van der Waals surface area contributed by atoms with Crippen LogP contribution in [0.5, 0.6) is 0 Å². The fraction of sp³-hybridized carbons (Fsp3) is 0.833. The summed E-state index contributed by atoms with van der Waals surface area (Å²) in [4.78, 5) is 27.1. The third kappa shape index (κ3) is 2.58. The number of carbonyl (C=O) groups excluding carboxylic acids is 2. The van der Waals surface area contributed by atoms with Crippen LogP contribution in [-0.2, 0) is 9.53 Å². The van der Waals surface area contributed by atoms with E-state index in [9.17, 15) is 9.59 Å². The van der Waals surface area contributed by atoms with E-state index in [2.05, 4.69) is 17.0 Å².